The van der Waals surface area contributed by atoms with Gasteiger partial charge in [0.2, 0.25) is 0 Å². The molecule has 0 amide bonds. The topological polar surface area (TPSA) is 58.9 Å². The highest BCUT2D eigenvalue weighted by Crippen LogP contribution is 1.79. The fourth-order valence-corrected chi connectivity index (χ4v) is 0.380. The molecule has 4 heteroatoms. The molecule has 0 aliphatic heterocycles. The highest BCUT2D eigenvalue weighted by Gasteiger charge is 1.90. The molecule has 0 aliphatic rings. The molecule has 1 atom stereocenters. The van der Waals surface area contributed by atoms with Gasteiger partial charge in [0.1, 0.15) is 0 Å². The number of aliphatic hydroxyl groups excluding tert-OH is 2. The monoisotopic (exact) mass is 180 g/mol. The van der Waals surface area contributed by atoms with E-state index in [0.717, 1.165) is 0 Å². The van der Waals surface area contributed by atoms with Crippen LogP contribution in [0.1, 0.15) is 13.8 Å². The lowest BCUT2D eigenvalue weighted by Gasteiger charge is -2.00. The van der Waals surface area contributed by atoms with Gasteiger partial charge in [-0.3, -0.25) is 0 Å². The number of ether oxygens (including phenoxy) is 2. The molecule has 0 radical (unpaired) electrons. The van der Waals surface area contributed by atoms with E-state index in [1.54, 1.807) is 14.0 Å². The second-order valence-corrected chi connectivity index (χ2v) is 2.22. The average molecular weight is 180 g/mol. The van der Waals surface area contributed by atoms with Gasteiger partial charge in [-0.2, -0.15) is 0 Å². The maximum Gasteiger partial charge on any atom is 0.0745 e. The molecule has 0 aromatic heterocycles. The Morgan fingerprint density at radius 1 is 1.42 bits per heavy atom. The summed E-state index contributed by atoms with van der Waals surface area (Å²) in [6.45, 7) is 5.32. The predicted octanol–water partition coefficient (Wildman–Crippen LogP) is 0.0288. The minimum absolute atomic E-state index is 0.122. The Morgan fingerprint density at radius 2 is 2.00 bits per heavy atom. The van der Waals surface area contributed by atoms with Crippen LogP contribution in [-0.2, 0) is 9.47 Å². The van der Waals surface area contributed by atoms with Gasteiger partial charge in [-0.25, -0.2) is 0 Å². The highest BCUT2D eigenvalue weighted by molar-refractivity contribution is 4.38. The van der Waals surface area contributed by atoms with E-state index in [-0.39, 0.29) is 12.7 Å². The van der Waals surface area contributed by atoms with Crippen molar-refractivity contribution in [1.82, 2.24) is 0 Å². The lowest BCUT2D eigenvalue weighted by molar-refractivity contribution is 0.0527. The maximum absolute atomic E-state index is 8.56. The summed E-state index contributed by atoms with van der Waals surface area (Å²) in [5.74, 6) is 0. The zero-order chi connectivity index (χ0) is 9.82. The van der Waals surface area contributed by atoms with E-state index in [1.165, 1.54) is 0 Å². The molecule has 0 aliphatic carbocycles. The maximum atomic E-state index is 8.56. The van der Waals surface area contributed by atoms with Gasteiger partial charge in [-0.05, 0) is 13.8 Å². The number of rotatable bonds is 5. The molecule has 0 heterocycles. The lowest BCUT2D eigenvalue weighted by Crippen LogP contribution is -2.09. The van der Waals surface area contributed by atoms with Crippen molar-refractivity contribution in [2.24, 2.45) is 0 Å². The van der Waals surface area contributed by atoms with Gasteiger partial charge in [0.05, 0.1) is 25.9 Å². The third kappa shape index (κ3) is 22.5. The molecule has 0 rings (SSSR count). The molecule has 0 aromatic carbocycles. The third-order valence-electron chi connectivity index (χ3n) is 0.859. The summed E-state index contributed by atoms with van der Waals surface area (Å²) >= 11 is 0. The van der Waals surface area contributed by atoms with Crippen LogP contribution in [0, 0.1) is 0 Å². The Balaban J connectivity index is 0. The highest BCUT2D eigenvalue weighted by atomic mass is 16.5. The van der Waals surface area contributed by atoms with Crippen LogP contribution in [-0.4, -0.2) is 49.9 Å². The number of aliphatic hydroxyl groups is 2. The minimum Gasteiger partial charge on any atom is -0.394 e. The second-order valence-electron chi connectivity index (χ2n) is 2.22. The van der Waals surface area contributed by atoms with Crippen molar-refractivity contribution < 1.29 is 19.7 Å². The van der Waals surface area contributed by atoms with E-state index in [0.29, 0.717) is 19.8 Å². The molecule has 76 valence electrons. The molecule has 0 spiro atoms. The predicted molar refractivity (Wildman–Crippen MR) is 47.1 cm³/mol. The third-order valence-corrected chi connectivity index (χ3v) is 0.859. The Bertz CT molecular complexity index is 64.1. The van der Waals surface area contributed by atoms with E-state index in [9.17, 15) is 0 Å². The van der Waals surface area contributed by atoms with Gasteiger partial charge in [-0.1, -0.05) is 0 Å². The Kier molecular flexibility index (Phi) is 16.1. The first-order valence-electron chi connectivity index (χ1n) is 4.04. The average Bonchev–Trinajstić information content (AvgIpc) is 2.03. The molecule has 0 aromatic rings. The fourth-order valence-electron chi connectivity index (χ4n) is 0.380. The molecular weight excluding hydrogens is 160 g/mol. The summed E-state index contributed by atoms with van der Waals surface area (Å²) in [5, 5.41) is 16.5. The van der Waals surface area contributed by atoms with Gasteiger partial charge < -0.3 is 19.7 Å². The molecule has 1 unspecified atom stereocenters. The van der Waals surface area contributed by atoms with E-state index in [1.807, 2.05) is 6.92 Å². The Morgan fingerprint density at radius 3 is 2.08 bits per heavy atom. The van der Waals surface area contributed by atoms with Crippen molar-refractivity contribution >= 4 is 0 Å². The van der Waals surface area contributed by atoms with Crippen LogP contribution in [0.15, 0.2) is 0 Å². The van der Waals surface area contributed by atoms with Gasteiger partial charge in [0.25, 0.3) is 0 Å². The van der Waals surface area contributed by atoms with Crippen molar-refractivity contribution in [3.8, 4) is 0 Å². The van der Waals surface area contributed by atoms with Gasteiger partial charge in [0.15, 0.2) is 0 Å². The van der Waals surface area contributed by atoms with Crippen molar-refractivity contribution in [2.75, 3.05) is 33.5 Å². The van der Waals surface area contributed by atoms with E-state index >= 15 is 0 Å². The van der Waals surface area contributed by atoms with Crippen LogP contribution >= 0.6 is 0 Å². The number of hydrogen-bond acceptors (Lipinski definition) is 4. The first-order chi connectivity index (χ1) is 5.68. The second kappa shape index (κ2) is 13.4. The van der Waals surface area contributed by atoms with Crippen molar-refractivity contribution in [1.29, 1.82) is 0 Å². The normalized spacial score (nSPS) is 11.8. The SMILES string of the molecule is CCOCC(C)O.COCCO. The number of hydrogen-bond donors (Lipinski definition) is 2. The smallest absolute Gasteiger partial charge is 0.0745 e. The standard InChI is InChI=1S/C5H12O2.C3H8O2/c1-3-7-4-5(2)6;1-5-3-2-4/h5-6H,3-4H2,1-2H3;4H,2-3H2,1H3. The minimum atomic E-state index is -0.319. The molecule has 4 nitrogen and oxygen atoms in total. The van der Waals surface area contributed by atoms with Crippen molar-refractivity contribution in [3.63, 3.8) is 0 Å². The quantitative estimate of drug-likeness (QED) is 0.626. The zero-order valence-corrected chi connectivity index (χ0v) is 8.12. The first-order valence-corrected chi connectivity index (χ1v) is 4.04. The van der Waals surface area contributed by atoms with Crippen LogP contribution in [0.25, 0.3) is 0 Å². The summed E-state index contributed by atoms with van der Waals surface area (Å²) in [6, 6.07) is 0. The molecule has 0 fully saturated rings. The summed E-state index contributed by atoms with van der Waals surface area (Å²) in [6.07, 6.45) is -0.319. The van der Waals surface area contributed by atoms with E-state index < -0.39 is 0 Å². The van der Waals surface area contributed by atoms with Gasteiger partial charge >= 0.3 is 0 Å². The largest absolute Gasteiger partial charge is 0.394 e. The summed E-state index contributed by atoms with van der Waals surface area (Å²) in [4.78, 5) is 0. The molecular formula is C8H20O4. The van der Waals surface area contributed by atoms with E-state index in [4.69, 9.17) is 14.9 Å². The molecule has 0 saturated heterocycles. The Labute approximate surface area is 74.1 Å². The summed E-state index contributed by atoms with van der Waals surface area (Å²) in [5.41, 5.74) is 0. The first kappa shape index (κ1) is 14.4. The van der Waals surface area contributed by atoms with Gasteiger partial charge in [-0.15, -0.1) is 0 Å². The fraction of sp³-hybridized carbons (Fsp3) is 1.00. The summed E-state index contributed by atoms with van der Waals surface area (Å²) in [7, 11) is 1.55. The van der Waals surface area contributed by atoms with Crippen LogP contribution in [0.2, 0.25) is 0 Å². The van der Waals surface area contributed by atoms with Crippen molar-refractivity contribution in [2.45, 2.75) is 20.0 Å². The zero-order valence-electron chi connectivity index (χ0n) is 8.12. The van der Waals surface area contributed by atoms with Crippen LogP contribution in [0.5, 0.6) is 0 Å². The van der Waals surface area contributed by atoms with Crippen LogP contribution in [0.4, 0.5) is 0 Å². The molecule has 0 saturated carbocycles. The van der Waals surface area contributed by atoms with E-state index in [2.05, 4.69) is 4.74 Å². The summed E-state index contributed by atoms with van der Waals surface area (Å²) < 4.78 is 9.29. The van der Waals surface area contributed by atoms with Crippen molar-refractivity contribution in [3.05, 3.63) is 0 Å². The lowest BCUT2D eigenvalue weighted by atomic mass is 10.4. The molecule has 2 N–H and O–H groups in total. The van der Waals surface area contributed by atoms with Crippen LogP contribution in [0.3, 0.4) is 0 Å². The van der Waals surface area contributed by atoms with Gasteiger partial charge in [0, 0.05) is 13.7 Å². The Hall–Kier alpha value is -0.160. The molecule has 0 bridgehead atoms. The number of methoxy groups -OCH3 is 1. The molecule has 12 heavy (non-hydrogen) atoms. The van der Waals surface area contributed by atoms with Crippen LogP contribution < -0.4 is 0 Å².